The minimum absolute atomic E-state index is 0.663. The second-order valence-electron chi connectivity index (χ2n) is 3.95. The summed E-state index contributed by atoms with van der Waals surface area (Å²) in [5.41, 5.74) is 1.11. The lowest BCUT2D eigenvalue weighted by atomic mass is 10.3. The fourth-order valence-corrected chi connectivity index (χ4v) is 1.96. The van der Waals surface area contributed by atoms with Crippen LogP contribution in [0.5, 0.6) is 0 Å². The van der Waals surface area contributed by atoms with Crippen molar-refractivity contribution in [2.45, 2.75) is 6.92 Å². The molecule has 0 bridgehead atoms. The summed E-state index contributed by atoms with van der Waals surface area (Å²) < 4.78 is 1.74. The van der Waals surface area contributed by atoms with Crippen LogP contribution in [0.2, 0.25) is 0 Å². The van der Waals surface area contributed by atoms with Gasteiger partial charge in [-0.15, -0.1) is 0 Å². The van der Waals surface area contributed by atoms with Gasteiger partial charge >= 0.3 is 0 Å². The van der Waals surface area contributed by atoms with E-state index in [4.69, 9.17) is 0 Å². The first-order valence-corrected chi connectivity index (χ1v) is 5.47. The fourth-order valence-electron chi connectivity index (χ4n) is 1.96. The van der Waals surface area contributed by atoms with E-state index in [9.17, 15) is 0 Å². The second-order valence-corrected chi connectivity index (χ2v) is 3.95. The Kier molecular flexibility index (Phi) is 2.21. The van der Waals surface area contributed by atoms with Crippen LogP contribution in [0.3, 0.4) is 0 Å². The van der Waals surface area contributed by atoms with E-state index in [2.05, 4.69) is 25.3 Å². The number of nitrogens with one attached hydrogen (secondary N) is 1. The first-order valence-electron chi connectivity index (χ1n) is 5.47. The highest BCUT2D eigenvalue weighted by Gasteiger charge is 2.12. The van der Waals surface area contributed by atoms with Crippen LogP contribution in [-0.4, -0.2) is 45.8 Å². The normalized spacial score (nSPS) is 16.9. The highest BCUT2D eigenvalue weighted by molar-refractivity contribution is 5.46. The lowest BCUT2D eigenvalue weighted by Crippen LogP contribution is -2.43. The molecule has 16 heavy (non-hydrogen) atoms. The van der Waals surface area contributed by atoms with Crippen molar-refractivity contribution in [1.82, 2.24) is 24.9 Å². The number of anilines is 1. The molecule has 3 heterocycles. The summed E-state index contributed by atoms with van der Waals surface area (Å²) in [6.45, 7) is 5.95. The number of hydrogen-bond donors (Lipinski definition) is 1. The maximum absolute atomic E-state index is 4.30. The largest absolute Gasteiger partial charge is 0.366 e. The summed E-state index contributed by atoms with van der Waals surface area (Å²) in [6, 6.07) is 0. The van der Waals surface area contributed by atoms with Crippen molar-refractivity contribution in [2.75, 3.05) is 31.1 Å². The summed E-state index contributed by atoms with van der Waals surface area (Å²) in [4.78, 5) is 10.8. The number of aryl methyl sites for hydroxylation is 1. The average molecular weight is 218 g/mol. The maximum atomic E-state index is 4.30. The molecule has 0 amide bonds. The van der Waals surface area contributed by atoms with Crippen molar-refractivity contribution in [3.8, 4) is 0 Å². The summed E-state index contributed by atoms with van der Waals surface area (Å²) in [5.74, 6) is 1.42. The molecule has 0 atom stereocenters. The molecule has 6 heteroatoms. The molecular formula is C10H14N6. The zero-order valence-electron chi connectivity index (χ0n) is 9.22. The van der Waals surface area contributed by atoms with Crippen LogP contribution >= 0.6 is 0 Å². The van der Waals surface area contributed by atoms with E-state index in [1.807, 2.05) is 19.3 Å². The minimum Gasteiger partial charge on any atom is -0.366 e. The van der Waals surface area contributed by atoms with E-state index >= 15 is 0 Å². The number of aromatic nitrogens is 4. The standard InChI is InChI=1S/C10H14N6/c1-8-13-10-12-6-9(7-16(10)14-8)15-4-2-11-3-5-15/h6-7,11H,2-5H2,1H3. The molecule has 1 aliphatic heterocycles. The maximum Gasteiger partial charge on any atom is 0.252 e. The van der Waals surface area contributed by atoms with Crippen molar-refractivity contribution in [3.05, 3.63) is 18.2 Å². The van der Waals surface area contributed by atoms with Gasteiger partial charge < -0.3 is 10.2 Å². The van der Waals surface area contributed by atoms with E-state index in [0.717, 1.165) is 37.7 Å². The first kappa shape index (κ1) is 9.53. The van der Waals surface area contributed by atoms with Crippen LogP contribution < -0.4 is 10.2 Å². The van der Waals surface area contributed by atoms with Gasteiger partial charge in [-0.1, -0.05) is 0 Å². The van der Waals surface area contributed by atoms with Gasteiger partial charge in [-0.25, -0.2) is 9.50 Å². The Morgan fingerprint density at radius 3 is 2.94 bits per heavy atom. The van der Waals surface area contributed by atoms with Gasteiger partial charge in [-0.05, 0) is 6.92 Å². The molecule has 6 nitrogen and oxygen atoms in total. The van der Waals surface area contributed by atoms with Crippen LogP contribution in [0.15, 0.2) is 12.4 Å². The van der Waals surface area contributed by atoms with Crippen molar-refractivity contribution >= 4 is 11.5 Å². The van der Waals surface area contributed by atoms with E-state index < -0.39 is 0 Å². The molecule has 0 radical (unpaired) electrons. The zero-order chi connectivity index (χ0) is 11.0. The Morgan fingerprint density at radius 2 is 2.12 bits per heavy atom. The van der Waals surface area contributed by atoms with Crippen LogP contribution in [-0.2, 0) is 0 Å². The van der Waals surface area contributed by atoms with Gasteiger partial charge in [0.15, 0.2) is 0 Å². The summed E-state index contributed by atoms with van der Waals surface area (Å²) in [7, 11) is 0. The average Bonchev–Trinajstić information content (AvgIpc) is 2.69. The Morgan fingerprint density at radius 1 is 1.31 bits per heavy atom. The molecule has 0 saturated carbocycles. The van der Waals surface area contributed by atoms with E-state index in [1.165, 1.54) is 0 Å². The molecular weight excluding hydrogens is 204 g/mol. The Labute approximate surface area is 93.3 Å². The number of hydrogen-bond acceptors (Lipinski definition) is 5. The third-order valence-electron chi connectivity index (χ3n) is 2.77. The van der Waals surface area contributed by atoms with Gasteiger partial charge in [0.25, 0.3) is 5.78 Å². The Hall–Kier alpha value is -1.69. The molecule has 0 aliphatic carbocycles. The van der Waals surface area contributed by atoms with Crippen molar-refractivity contribution < 1.29 is 0 Å². The van der Waals surface area contributed by atoms with Crippen molar-refractivity contribution in [3.63, 3.8) is 0 Å². The minimum atomic E-state index is 0.663. The molecule has 84 valence electrons. The molecule has 1 N–H and O–H groups in total. The molecule has 3 rings (SSSR count). The van der Waals surface area contributed by atoms with Crippen molar-refractivity contribution in [2.24, 2.45) is 0 Å². The molecule has 2 aromatic rings. The SMILES string of the molecule is Cc1nc2ncc(N3CCNCC3)cn2n1. The molecule has 0 unspecified atom stereocenters. The number of rotatable bonds is 1. The molecule has 2 aromatic heterocycles. The molecule has 1 saturated heterocycles. The van der Waals surface area contributed by atoms with E-state index in [0.29, 0.717) is 5.78 Å². The quantitative estimate of drug-likeness (QED) is 0.721. The van der Waals surface area contributed by atoms with Crippen molar-refractivity contribution in [1.29, 1.82) is 0 Å². The van der Waals surface area contributed by atoms with Gasteiger partial charge in [0.05, 0.1) is 18.1 Å². The Balaban J connectivity index is 1.97. The van der Waals surface area contributed by atoms with Crippen LogP contribution in [0.1, 0.15) is 5.82 Å². The third kappa shape index (κ3) is 1.61. The summed E-state index contributed by atoms with van der Waals surface area (Å²) in [6.07, 6.45) is 3.86. The summed E-state index contributed by atoms with van der Waals surface area (Å²) in [5, 5.41) is 7.60. The number of fused-ring (bicyclic) bond motifs is 1. The highest BCUT2D eigenvalue weighted by Crippen LogP contribution is 2.13. The third-order valence-corrected chi connectivity index (χ3v) is 2.77. The molecule has 1 aliphatic rings. The fraction of sp³-hybridized carbons (Fsp3) is 0.500. The van der Waals surface area contributed by atoms with Crippen LogP contribution in [0.25, 0.3) is 5.78 Å². The topological polar surface area (TPSA) is 58.4 Å². The van der Waals surface area contributed by atoms with Crippen LogP contribution in [0, 0.1) is 6.92 Å². The molecule has 0 aromatic carbocycles. The van der Waals surface area contributed by atoms with Crippen LogP contribution in [0.4, 0.5) is 5.69 Å². The summed E-state index contributed by atoms with van der Waals surface area (Å²) >= 11 is 0. The zero-order valence-corrected chi connectivity index (χ0v) is 9.22. The smallest absolute Gasteiger partial charge is 0.252 e. The van der Waals surface area contributed by atoms with Gasteiger partial charge in [-0.2, -0.15) is 10.1 Å². The molecule has 0 spiro atoms. The lowest BCUT2D eigenvalue weighted by molar-refractivity contribution is 0.587. The predicted molar refractivity (Wildman–Crippen MR) is 60.6 cm³/mol. The van der Waals surface area contributed by atoms with Gasteiger partial charge in [0.1, 0.15) is 5.82 Å². The highest BCUT2D eigenvalue weighted by atomic mass is 15.3. The van der Waals surface area contributed by atoms with Gasteiger partial charge in [0.2, 0.25) is 0 Å². The lowest BCUT2D eigenvalue weighted by Gasteiger charge is -2.28. The monoisotopic (exact) mass is 218 g/mol. The first-order chi connectivity index (χ1) is 7.83. The molecule has 1 fully saturated rings. The number of piperazine rings is 1. The predicted octanol–water partition coefficient (Wildman–Crippen LogP) is -0.158. The van der Waals surface area contributed by atoms with Gasteiger partial charge in [-0.3, -0.25) is 0 Å². The second kappa shape index (κ2) is 3.71. The van der Waals surface area contributed by atoms with E-state index in [1.54, 1.807) is 4.52 Å². The van der Waals surface area contributed by atoms with Gasteiger partial charge in [0, 0.05) is 26.2 Å². The van der Waals surface area contributed by atoms with E-state index in [-0.39, 0.29) is 0 Å². The Bertz CT molecular complexity index is 499. The number of nitrogens with zero attached hydrogens (tertiary/aromatic N) is 5.